The molecule has 27 heavy (non-hydrogen) atoms. The number of rotatable bonds is 4. The summed E-state index contributed by atoms with van der Waals surface area (Å²) in [6.07, 6.45) is 0. The van der Waals surface area contributed by atoms with Crippen LogP contribution in [0, 0.1) is 6.92 Å². The number of anilines is 1. The number of aromatic amines is 1. The first-order chi connectivity index (χ1) is 12.9. The summed E-state index contributed by atoms with van der Waals surface area (Å²) in [6, 6.07) is 12.6. The van der Waals surface area contributed by atoms with Gasteiger partial charge >= 0.3 is 0 Å². The summed E-state index contributed by atoms with van der Waals surface area (Å²) < 4.78 is 38.9. The van der Waals surface area contributed by atoms with Crippen LogP contribution in [-0.2, 0) is 10.0 Å². The maximum Gasteiger partial charge on any atom is 0.264 e. The van der Waals surface area contributed by atoms with Crippen LogP contribution in [0.5, 0.6) is 11.5 Å². The molecule has 8 nitrogen and oxygen atoms in total. The lowest BCUT2D eigenvalue weighted by molar-refractivity contribution is 0.174. The van der Waals surface area contributed by atoms with Gasteiger partial charge in [0.15, 0.2) is 11.5 Å². The number of nitrogens with one attached hydrogen (secondary N) is 2. The molecule has 0 atom stereocenters. The molecule has 2 N–H and O–H groups in total. The quantitative estimate of drug-likeness (QED) is 0.713. The van der Waals surface area contributed by atoms with Gasteiger partial charge in [-0.1, -0.05) is 12.1 Å². The molecule has 2 heterocycles. The van der Waals surface area contributed by atoms with E-state index in [4.69, 9.17) is 9.47 Å². The molecule has 0 amide bonds. The largest absolute Gasteiger partial charge is 0.454 e. The second kappa shape index (κ2) is 6.44. The Bertz CT molecular complexity index is 1170. The molecule has 0 saturated heterocycles. The van der Waals surface area contributed by atoms with Gasteiger partial charge in [0.2, 0.25) is 6.79 Å². The number of hydrogen-bond acceptors (Lipinski definition) is 6. The number of sulfonamides is 1. The summed E-state index contributed by atoms with van der Waals surface area (Å²) in [6.45, 7) is 1.82. The van der Waals surface area contributed by atoms with Crippen molar-refractivity contribution in [3.05, 3.63) is 64.4 Å². The summed E-state index contributed by atoms with van der Waals surface area (Å²) in [7, 11) is -3.85. The number of benzene rings is 2. The van der Waals surface area contributed by atoms with E-state index in [9.17, 15) is 13.2 Å². The van der Waals surface area contributed by atoms with Gasteiger partial charge in [-0.15, -0.1) is 0 Å². The third kappa shape index (κ3) is 3.36. The Balaban J connectivity index is 1.69. The number of fused-ring (bicyclic) bond motifs is 1. The third-order valence-electron chi connectivity index (χ3n) is 4.08. The zero-order valence-electron chi connectivity index (χ0n) is 14.2. The fraction of sp³-hybridized carbons (Fsp3) is 0.111. The standard InChI is InChI=1S/C18H15N3O5S/c1-11-2-3-12(14-5-7-18(22)20-19-14)8-17(11)27(23,24)21-13-4-6-15-16(9-13)26-10-25-15/h2-9,21H,10H2,1H3,(H,20,22). The SMILES string of the molecule is Cc1ccc(-c2ccc(=O)[nH]n2)cc1S(=O)(=O)Nc1ccc2c(c1)OCO2. The highest BCUT2D eigenvalue weighted by molar-refractivity contribution is 7.92. The van der Waals surface area contributed by atoms with Gasteiger partial charge in [0.25, 0.3) is 15.6 Å². The molecule has 0 unspecified atom stereocenters. The van der Waals surface area contributed by atoms with E-state index < -0.39 is 10.0 Å². The number of hydrogen-bond donors (Lipinski definition) is 2. The Morgan fingerprint density at radius 1 is 1.04 bits per heavy atom. The van der Waals surface area contributed by atoms with Gasteiger partial charge in [0.1, 0.15) is 0 Å². The Kier molecular flexibility index (Phi) is 4.08. The minimum absolute atomic E-state index is 0.110. The number of ether oxygens (including phenoxy) is 2. The number of aryl methyl sites for hydroxylation is 1. The van der Waals surface area contributed by atoms with Crippen molar-refractivity contribution in [2.45, 2.75) is 11.8 Å². The summed E-state index contributed by atoms with van der Waals surface area (Å²) in [5, 5.41) is 6.28. The topological polar surface area (TPSA) is 110 Å². The monoisotopic (exact) mass is 385 g/mol. The van der Waals surface area contributed by atoms with Gasteiger partial charge in [0.05, 0.1) is 16.3 Å². The van der Waals surface area contributed by atoms with E-state index in [1.807, 2.05) is 0 Å². The van der Waals surface area contributed by atoms with Crippen LogP contribution >= 0.6 is 0 Å². The highest BCUT2D eigenvalue weighted by atomic mass is 32.2. The van der Waals surface area contributed by atoms with Crippen molar-refractivity contribution in [1.29, 1.82) is 0 Å². The molecule has 9 heteroatoms. The average molecular weight is 385 g/mol. The third-order valence-corrected chi connectivity index (χ3v) is 5.60. The molecule has 0 spiro atoms. The lowest BCUT2D eigenvalue weighted by atomic mass is 10.1. The minimum Gasteiger partial charge on any atom is -0.454 e. The predicted octanol–water partition coefficient (Wildman–Crippen LogP) is 2.27. The van der Waals surface area contributed by atoms with Crippen LogP contribution in [0.3, 0.4) is 0 Å². The summed E-state index contributed by atoms with van der Waals surface area (Å²) in [5.74, 6) is 1.05. The van der Waals surface area contributed by atoms with Crippen LogP contribution < -0.4 is 19.8 Å². The molecule has 0 aliphatic carbocycles. The summed E-state index contributed by atoms with van der Waals surface area (Å²) >= 11 is 0. The molecule has 2 aromatic carbocycles. The van der Waals surface area contributed by atoms with Gasteiger partial charge in [-0.2, -0.15) is 5.10 Å². The van der Waals surface area contributed by atoms with E-state index >= 15 is 0 Å². The van der Waals surface area contributed by atoms with Crippen LogP contribution in [-0.4, -0.2) is 25.4 Å². The molecule has 0 fully saturated rings. The van der Waals surface area contributed by atoms with Gasteiger partial charge in [-0.05, 0) is 36.8 Å². The van der Waals surface area contributed by atoms with E-state index in [1.165, 1.54) is 18.2 Å². The van der Waals surface area contributed by atoms with Crippen LogP contribution in [0.25, 0.3) is 11.3 Å². The van der Waals surface area contributed by atoms with Gasteiger partial charge in [-0.3, -0.25) is 9.52 Å². The first-order valence-electron chi connectivity index (χ1n) is 8.02. The Labute approximate surface area is 154 Å². The van der Waals surface area contributed by atoms with Gasteiger partial charge in [-0.25, -0.2) is 13.5 Å². The van der Waals surface area contributed by atoms with Gasteiger partial charge < -0.3 is 9.47 Å². The van der Waals surface area contributed by atoms with Crippen molar-refractivity contribution in [2.24, 2.45) is 0 Å². The summed E-state index contributed by atoms with van der Waals surface area (Å²) in [4.78, 5) is 11.3. The maximum atomic E-state index is 12.9. The van der Waals surface area contributed by atoms with E-state index in [1.54, 1.807) is 37.3 Å². The Morgan fingerprint density at radius 3 is 2.63 bits per heavy atom. The molecular formula is C18H15N3O5S. The molecule has 0 bridgehead atoms. The minimum atomic E-state index is -3.85. The lowest BCUT2D eigenvalue weighted by Crippen LogP contribution is -2.14. The second-order valence-corrected chi connectivity index (χ2v) is 7.61. The van der Waals surface area contributed by atoms with E-state index in [0.29, 0.717) is 34.0 Å². The molecule has 0 radical (unpaired) electrons. The van der Waals surface area contributed by atoms with Crippen molar-refractivity contribution in [2.75, 3.05) is 11.5 Å². The van der Waals surface area contributed by atoms with Crippen molar-refractivity contribution in [3.63, 3.8) is 0 Å². The smallest absolute Gasteiger partial charge is 0.264 e. The highest BCUT2D eigenvalue weighted by Crippen LogP contribution is 2.35. The molecule has 0 saturated carbocycles. The zero-order chi connectivity index (χ0) is 19.0. The van der Waals surface area contributed by atoms with E-state index in [-0.39, 0.29) is 17.2 Å². The van der Waals surface area contributed by atoms with Crippen LogP contribution in [0.4, 0.5) is 5.69 Å². The molecule has 1 aromatic heterocycles. The van der Waals surface area contributed by atoms with E-state index in [0.717, 1.165) is 0 Å². The normalized spacial score (nSPS) is 12.8. The first kappa shape index (κ1) is 17.1. The van der Waals surface area contributed by atoms with Crippen molar-refractivity contribution >= 4 is 15.7 Å². The van der Waals surface area contributed by atoms with Crippen LogP contribution in [0.15, 0.2) is 58.2 Å². The molecule has 4 rings (SSSR count). The Hall–Kier alpha value is -3.33. The summed E-state index contributed by atoms with van der Waals surface area (Å²) in [5.41, 5.74) is 1.66. The van der Waals surface area contributed by atoms with Crippen LogP contribution in [0.1, 0.15) is 5.56 Å². The highest BCUT2D eigenvalue weighted by Gasteiger charge is 2.20. The molecular weight excluding hydrogens is 370 g/mol. The molecule has 1 aliphatic heterocycles. The molecule has 3 aromatic rings. The first-order valence-corrected chi connectivity index (χ1v) is 9.50. The zero-order valence-corrected chi connectivity index (χ0v) is 15.0. The fourth-order valence-electron chi connectivity index (χ4n) is 2.72. The van der Waals surface area contributed by atoms with Gasteiger partial charge in [0, 0.05) is 17.7 Å². The number of aromatic nitrogens is 2. The number of nitrogens with zero attached hydrogens (tertiary/aromatic N) is 1. The Morgan fingerprint density at radius 2 is 1.85 bits per heavy atom. The lowest BCUT2D eigenvalue weighted by Gasteiger charge is -2.12. The van der Waals surface area contributed by atoms with Crippen molar-refractivity contribution < 1.29 is 17.9 Å². The number of H-pyrrole nitrogens is 1. The van der Waals surface area contributed by atoms with Crippen molar-refractivity contribution in [1.82, 2.24) is 10.2 Å². The molecule has 1 aliphatic rings. The fourth-order valence-corrected chi connectivity index (χ4v) is 4.05. The van der Waals surface area contributed by atoms with Crippen LogP contribution in [0.2, 0.25) is 0 Å². The molecule has 138 valence electrons. The maximum absolute atomic E-state index is 12.9. The second-order valence-electron chi connectivity index (χ2n) is 5.96. The van der Waals surface area contributed by atoms with E-state index in [2.05, 4.69) is 14.9 Å². The average Bonchev–Trinajstić information content (AvgIpc) is 3.10. The predicted molar refractivity (Wildman–Crippen MR) is 98.4 cm³/mol. The van der Waals surface area contributed by atoms with Crippen molar-refractivity contribution in [3.8, 4) is 22.8 Å².